The van der Waals surface area contributed by atoms with Crippen molar-refractivity contribution in [1.82, 2.24) is 20.9 Å². The van der Waals surface area contributed by atoms with Crippen molar-refractivity contribution in [3.05, 3.63) is 64.3 Å². The van der Waals surface area contributed by atoms with Gasteiger partial charge in [-0.2, -0.15) is 0 Å². The summed E-state index contributed by atoms with van der Waals surface area (Å²) in [5.41, 5.74) is 7.40. The van der Waals surface area contributed by atoms with E-state index < -0.39 is 5.91 Å². The fraction of sp³-hybridized carbons (Fsp3) is 0.250. The molecule has 3 rings (SSSR count). The Morgan fingerprint density at radius 1 is 1.16 bits per heavy atom. The second-order valence-corrected chi connectivity index (χ2v) is 6.72. The number of rotatable bonds is 10. The number of anilines is 1. The van der Waals surface area contributed by atoms with Crippen LogP contribution in [0.2, 0.25) is 5.02 Å². The molecule has 166 valence electrons. The van der Waals surface area contributed by atoms with Crippen LogP contribution < -0.4 is 38.2 Å². The second-order valence-electron chi connectivity index (χ2n) is 6.31. The van der Waals surface area contributed by atoms with Crippen LogP contribution in [-0.2, 0) is 13.2 Å². The number of nitrogens with zero attached hydrogens (tertiary/aromatic N) is 2. The summed E-state index contributed by atoms with van der Waals surface area (Å²) in [5, 5.41) is 13.2. The summed E-state index contributed by atoms with van der Waals surface area (Å²) in [6.07, 6.45) is 0. The lowest BCUT2D eigenvalue weighted by Gasteiger charge is -2.15. The van der Waals surface area contributed by atoms with Crippen molar-refractivity contribution in [2.75, 3.05) is 25.9 Å². The smallest absolute Gasteiger partial charge is 0.277 e. The van der Waals surface area contributed by atoms with E-state index in [1.807, 2.05) is 42.5 Å². The van der Waals surface area contributed by atoms with E-state index in [4.69, 9.17) is 26.8 Å². The van der Waals surface area contributed by atoms with Gasteiger partial charge in [-0.1, -0.05) is 41.9 Å². The van der Waals surface area contributed by atoms with Crippen LogP contribution in [0, 0.1) is 0 Å². The van der Waals surface area contributed by atoms with E-state index in [-0.39, 0.29) is 23.9 Å². The summed E-state index contributed by atoms with van der Waals surface area (Å²) >= 11 is 6.41. The van der Waals surface area contributed by atoms with Gasteiger partial charge >= 0.3 is 0 Å². The van der Waals surface area contributed by atoms with Crippen LogP contribution in [-0.4, -0.2) is 36.4 Å². The lowest BCUT2D eigenvalue weighted by molar-refractivity contribution is -0.0000155. The van der Waals surface area contributed by atoms with Crippen LogP contribution in [0.25, 0.3) is 0 Å². The zero-order valence-corrected chi connectivity index (χ0v) is 18.2. The van der Waals surface area contributed by atoms with E-state index in [2.05, 4.69) is 25.6 Å². The molecule has 1 heterocycles. The maximum atomic E-state index is 11.9. The van der Waals surface area contributed by atoms with Crippen LogP contribution in [0.1, 0.15) is 21.6 Å². The highest BCUT2D eigenvalue weighted by Gasteiger charge is 2.15. The van der Waals surface area contributed by atoms with Crippen molar-refractivity contribution >= 4 is 23.3 Å². The number of carbonyl (C=O) groups is 1. The number of nitrogens with one attached hydrogen (secondary N) is 2. The summed E-state index contributed by atoms with van der Waals surface area (Å²) in [6, 6.07) is 13.5. The third-order valence-electron chi connectivity index (χ3n) is 4.16. The van der Waals surface area contributed by atoms with Crippen LogP contribution >= 0.6 is 11.6 Å². The summed E-state index contributed by atoms with van der Waals surface area (Å²) in [7, 11) is 1.57. The lowest BCUT2D eigenvalue weighted by Crippen LogP contribution is -3.00. The van der Waals surface area contributed by atoms with Crippen molar-refractivity contribution in [2.45, 2.75) is 13.2 Å². The van der Waals surface area contributed by atoms with Gasteiger partial charge in [0.05, 0.1) is 12.1 Å². The minimum Gasteiger partial charge on any atom is -1.00 e. The molecule has 1 aromatic heterocycles. The number of halogens is 2. The summed E-state index contributed by atoms with van der Waals surface area (Å²) in [4.78, 5) is 11.9. The first-order valence-corrected chi connectivity index (χ1v) is 9.56. The maximum Gasteiger partial charge on any atom is 0.277 e. The molecule has 1 amide bonds. The highest BCUT2D eigenvalue weighted by Crippen LogP contribution is 2.37. The van der Waals surface area contributed by atoms with E-state index >= 15 is 0 Å². The Balaban J connectivity index is 0.00000341. The number of amides is 1. The van der Waals surface area contributed by atoms with Gasteiger partial charge in [-0.3, -0.25) is 4.79 Å². The number of benzene rings is 2. The molecule has 31 heavy (non-hydrogen) atoms. The Labute approximate surface area is 190 Å². The predicted octanol–water partition coefficient (Wildman–Crippen LogP) is -0.584. The molecule has 11 heteroatoms. The first-order valence-electron chi connectivity index (χ1n) is 9.18. The lowest BCUT2D eigenvalue weighted by atomic mass is 10.2. The van der Waals surface area contributed by atoms with Crippen molar-refractivity contribution in [3.8, 4) is 11.5 Å². The van der Waals surface area contributed by atoms with Gasteiger partial charge in [0.25, 0.3) is 5.91 Å². The molecule has 4 N–H and O–H groups in total. The van der Waals surface area contributed by atoms with Crippen molar-refractivity contribution in [3.63, 3.8) is 0 Å². The van der Waals surface area contributed by atoms with Gasteiger partial charge in [-0.05, 0) is 33.6 Å². The molecule has 0 saturated carbocycles. The Kier molecular flexibility index (Phi) is 9.39. The van der Waals surface area contributed by atoms with E-state index in [1.54, 1.807) is 7.11 Å². The van der Waals surface area contributed by atoms with Crippen LogP contribution in [0.5, 0.6) is 11.5 Å². The number of nitrogen functional groups attached to an aromatic ring is 1. The van der Waals surface area contributed by atoms with Crippen LogP contribution in [0.15, 0.2) is 47.1 Å². The van der Waals surface area contributed by atoms with Gasteiger partial charge in [-0.25, -0.2) is 4.63 Å². The van der Waals surface area contributed by atoms with Crippen molar-refractivity contribution < 1.29 is 31.3 Å². The Hall–Kier alpha value is -3.01. The molecule has 0 aliphatic carbocycles. The van der Waals surface area contributed by atoms with E-state index in [0.717, 1.165) is 11.1 Å². The van der Waals surface area contributed by atoms with Gasteiger partial charge in [0.2, 0.25) is 11.5 Å². The molecule has 0 unspecified atom stereocenters. The van der Waals surface area contributed by atoms with Gasteiger partial charge in [0, 0.05) is 19.6 Å². The molecule has 0 aliphatic heterocycles. The fourth-order valence-electron chi connectivity index (χ4n) is 2.68. The Morgan fingerprint density at radius 2 is 1.94 bits per heavy atom. The maximum absolute atomic E-state index is 11.9. The topological polar surface area (TPSA) is 125 Å². The van der Waals surface area contributed by atoms with E-state index in [9.17, 15) is 4.79 Å². The quantitative estimate of drug-likeness (QED) is 0.339. The molecule has 3 aromatic rings. The van der Waals surface area contributed by atoms with Gasteiger partial charge < -0.3 is 38.2 Å². The Bertz CT molecular complexity index is 985. The van der Waals surface area contributed by atoms with Gasteiger partial charge in [0.15, 0.2) is 11.5 Å². The highest BCUT2D eigenvalue weighted by atomic mass is 35.5. The first kappa shape index (κ1) is 24.3. The van der Waals surface area contributed by atoms with Crippen LogP contribution in [0.3, 0.4) is 0 Å². The number of carbonyl (C=O) groups excluding carboxylic acids is 1. The summed E-state index contributed by atoms with van der Waals surface area (Å²) in [6.45, 7) is 1.80. The molecule has 0 spiro atoms. The highest BCUT2D eigenvalue weighted by molar-refractivity contribution is 6.32. The third-order valence-corrected chi connectivity index (χ3v) is 4.44. The molecule has 2 aromatic carbocycles. The third kappa shape index (κ3) is 6.74. The number of hydrogen-bond donors (Lipinski definition) is 3. The first-order chi connectivity index (χ1) is 14.6. The molecule has 9 nitrogen and oxygen atoms in total. The van der Waals surface area contributed by atoms with E-state index in [0.29, 0.717) is 42.8 Å². The van der Waals surface area contributed by atoms with Gasteiger partial charge in [0.1, 0.15) is 6.61 Å². The zero-order valence-electron chi connectivity index (χ0n) is 16.7. The number of nitrogens with two attached hydrogens (primary N) is 1. The molecule has 0 fully saturated rings. The summed E-state index contributed by atoms with van der Waals surface area (Å²) in [5.74, 6) is 0.562. The molecule has 0 saturated heterocycles. The standard InChI is InChI=1S/C20H22ClN5O4.ClH/c1-28-16-10-14(9-15(21)18(16)29-12-13-5-3-2-4-6-13)11-23-7-8-24-20(27)17-19(22)26-30-25-17;/h2-6,9-10,23H,7-8,11-12H2,1H3,(H2,22,26)(H,24,27);1H/p-1. The van der Waals surface area contributed by atoms with Crippen molar-refractivity contribution in [2.24, 2.45) is 0 Å². The fourth-order valence-corrected chi connectivity index (χ4v) is 2.97. The molecule has 0 aliphatic rings. The average Bonchev–Trinajstić information content (AvgIpc) is 3.19. The number of ether oxygens (including phenoxy) is 2. The average molecular weight is 467 g/mol. The van der Waals surface area contributed by atoms with Crippen LogP contribution in [0.4, 0.5) is 5.82 Å². The zero-order chi connectivity index (χ0) is 21.3. The largest absolute Gasteiger partial charge is 1.00 e. The molecule has 0 radical (unpaired) electrons. The molecular formula is C20H22Cl2N5O4-. The minimum absolute atomic E-state index is 0. The number of hydrogen-bond acceptors (Lipinski definition) is 8. The summed E-state index contributed by atoms with van der Waals surface area (Å²) < 4.78 is 15.7. The Morgan fingerprint density at radius 3 is 2.61 bits per heavy atom. The molecule has 0 atom stereocenters. The second kappa shape index (κ2) is 12.0. The minimum atomic E-state index is -0.444. The van der Waals surface area contributed by atoms with Crippen molar-refractivity contribution in [1.29, 1.82) is 0 Å². The predicted molar refractivity (Wildman–Crippen MR) is 112 cm³/mol. The normalized spacial score (nSPS) is 10.3. The monoisotopic (exact) mass is 466 g/mol. The van der Waals surface area contributed by atoms with Gasteiger partial charge in [-0.15, -0.1) is 0 Å². The SMILES string of the molecule is COc1cc(CNCCNC(=O)c2nonc2N)cc(Cl)c1OCc1ccccc1.[Cl-]. The molecule has 0 bridgehead atoms. The molecular weight excluding hydrogens is 445 g/mol. The number of aromatic nitrogens is 2. The number of methoxy groups -OCH3 is 1. The van der Waals surface area contributed by atoms with E-state index in [1.165, 1.54) is 0 Å².